The molecule has 0 bridgehead atoms. The molecule has 1 aliphatic heterocycles. The molecule has 214 valence electrons. The van der Waals surface area contributed by atoms with Gasteiger partial charge in [0, 0.05) is 47.3 Å². The third-order valence-electron chi connectivity index (χ3n) is 7.84. The number of piperazine rings is 1. The number of amides is 1. The number of aryl methyl sites for hydroxylation is 2. The zero-order valence-electron chi connectivity index (χ0n) is 24.3. The lowest BCUT2D eigenvalue weighted by atomic mass is 9.96. The van der Waals surface area contributed by atoms with E-state index in [1.165, 1.54) is 11.3 Å². The fourth-order valence-electron chi connectivity index (χ4n) is 5.70. The summed E-state index contributed by atoms with van der Waals surface area (Å²) in [6, 6.07) is 15.6. The second kappa shape index (κ2) is 12.3. The van der Waals surface area contributed by atoms with Gasteiger partial charge in [-0.3, -0.25) is 14.2 Å². The molecule has 4 aromatic rings. The number of nitrogens with zero attached hydrogens (tertiary/aromatic N) is 3. The van der Waals surface area contributed by atoms with Gasteiger partial charge in [-0.05, 0) is 55.0 Å². The van der Waals surface area contributed by atoms with Gasteiger partial charge in [0.25, 0.3) is 11.5 Å². The number of hydrogen-bond donors (Lipinski definition) is 1. The van der Waals surface area contributed by atoms with Crippen LogP contribution in [0.25, 0.3) is 27.5 Å². The van der Waals surface area contributed by atoms with Crippen LogP contribution in [0.2, 0.25) is 5.02 Å². The highest BCUT2D eigenvalue weighted by atomic mass is 35.5. The monoisotopic (exact) mass is 588 g/mol. The van der Waals surface area contributed by atoms with Gasteiger partial charge in [-0.2, -0.15) is 0 Å². The molecule has 1 saturated heterocycles. The molecule has 0 saturated carbocycles. The Hall–Kier alpha value is -3.26. The average molecular weight is 589 g/mol. The highest BCUT2D eigenvalue weighted by Crippen LogP contribution is 2.33. The van der Waals surface area contributed by atoms with Crippen molar-refractivity contribution in [3.05, 3.63) is 91.7 Å². The number of hydrogen-bond acceptors (Lipinski definition) is 5. The van der Waals surface area contributed by atoms with E-state index < -0.39 is 0 Å². The second-order valence-corrected chi connectivity index (χ2v) is 12.2. The van der Waals surface area contributed by atoms with E-state index in [2.05, 4.69) is 58.1 Å². The summed E-state index contributed by atoms with van der Waals surface area (Å²) in [5.74, 6) is -0.108. The maximum Gasteiger partial charge on any atom is 0.265 e. The van der Waals surface area contributed by atoms with Crippen LogP contribution in [0.5, 0.6) is 0 Å². The van der Waals surface area contributed by atoms with Crippen LogP contribution in [0, 0.1) is 0 Å². The number of carbonyl (C=O) groups is 1. The van der Waals surface area contributed by atoms with Gasteiger partial charge in [0.1, 0.15) is 5.01 Å². The van der Waals surface area contributed by atoms with E-state index in [0.717, 1.165) is 59.7 Å². The largest absolute Gasteiger partial charge is 0.333 e. The first-order valence-electron chi connectivity index (χ1n) is 14.4. The Balaban J connectivity index is 1.81. The molecule has 1 N–H and O–H groups in total. The summed E-state index contributed by atoms with van der Waals surface area (Å²) in [4.78, 5) is 35.8. The first-order chi connectivity index (χ1) is 19.7. The molecular weight excluding hydrogens is 552 g/mol. The fourth-order valence-corrected chi connectivity index (χ4v) is 6.66. The Kier molecular flexibility index (Phi) is 8.78. The van der Waals surface area contributed by atoms with E-state index in [1.807, 2.05) is 39.1 Å². The van der Waals surface area contributed by atoms with Gasteiger partial charge in [-0.1, -0.05) is 69.6 Å². The minimum atomic E-state index is -0.147. The summed E-state index contributed by atoms with van der Waals surface area (Å²) in [5, 5.41) is 6.58. The van der Waals surface area contributed by atoms with Crippen molar-refractivity contribution in [3.8, 4) is 27.5 Å². The second-order valence-electron chi connectivity index (χ2n) is 10.9. The standard InChI is InChI=1S/C33H37ClN4O2S/c1-6-22-9-8-10-23(7-2)30(22)38-29(20(3)4)26(32(39)37-16-15-35-18-21(37)5)17-27(33(38)40)31-36-28(19-41-31)24-11-13-25(34)14-12-24/h8-14,17,19-21,35H,6-7,15-16,18H2,1-5H3/t21-/m1/s1. The number of para-hydroxylation sites is 1. The predicted octanol–water partition coefficient (Wildman–Crippen LogP) is 6.96. The number of aromatic nitrogens is 2. The van der Waals surface area contributed by atoms with Crippen LogP contribution in [0.3, 0.4) is 0 Å². The third kappa shape index (κ3) is 5.63. The van der Waals surface area contributed by atoms with E-state index in [9.17, 15) is 9.59 Å². The maximum atomic E-state index is 14.6. The zero-order valence-corrected chi connectivity index (χ0v) is 25.9. The number of halogens is 1. The number of rotatable bonds is 7. The van der Waals surface area contributed by atoms with E-state index in [-0.39, 0.29) is 23.4 Å². The summed E-state index contributed by atoms with van der Waals surface area (Å²) in [6.45, 7) is 12.5. The van der Waals surface area contributed by atoms with Crippen molar-refractivity contribution in [1.29, 1.82) is 0 Å². The lowest BCUT2D eigenvalue weighted by Gasteiger charge is -2.35. The first-order valence-corrected chi connectivity index (χ1v) is 15.6. The SMILES string of the molecule is CCc1cccc(CC)c1-n1c(C(C)C)c(C(=O)N2CCNC[C@H]2C)cc(-c2nc(-c3ccc(Cl)cc3)cs2)c1=O. The van der Waals surface area contributed by atoms with Gasteiger partial charge in [-0.25, -0.2) is 4.98 Å². The van der Waals surface area contributed by atoms with Crippen molar-refractivity contribution in [2.75, 3.05) is 19.6 Å². The molecule has 8 heteroatoms. The molecule has 1 amide bonds. The van der Waals surface area contributed by atoms with Crippen molar-refractivity contribution in [2.24, 2.45) is 0 Å². The summed E-state index contributed by atoms with van der Waals surface area (Å²) in [7, 11) is 0. The highest BCUT2D eigenvalue weighted by molar-refractivity contribution is 7.13. The van der Waals surface area contributed by atoms with Crippen molar-refractivity contribution in [3.63, 3.8) is 0 Å². The number of thiazole rings is 1. The molecular formula is C33H37ClN4O2S. The van der Waals surface area contributed by atoms with Crippen LogP contribution in [0.1, 0.15) is 67.7 Å². The van der Waals surface area contributed by atoms with Crippen LogP contribution in [-0.2, 0) is 12.8 Å². The lowest BCUT2D eigenvalue weighted by molar-refractivity contribution is 0.0653. The molecule has 6 nitrogen and oxygen atoms in total. The van der Waals surface area contributed by atoms with Crippen molar-refractivity contribution in [1.82, 2.24) is 19.8 Å². The average Bonchev–Trinajstić information content (AvgIpc) is 3.46. The summed E-state index contributed by atoms with van der Waals surface area (Å²) in [6.07, 6.45) is 1.54. The minimum Gasteiger partial charge on any atom is -0.333 e. The predicted molar refractivity (Wildman–Crippen MR) is 170 cm³/mol. The number of carbonyl (C=O) groups excluding carboxylic acids is 1. The lowest BCUT2D eigenvalue weighted by Crippen LogP contribution is -2.52. The van der Waals surface area contributed by atoms with Crippen molar-refractivity contribution in [2.45, 2.75) is 59.4 Å². The highest BCUT2D eigenvalue weighted by Gasteiger charge is 2.31. The normalized spacial score (nSPS) is 15.5. The smallest absolute Gasteiger partial charge is 0.265 e. The molecule has 0 unspecified atom stereocenters. The van der Waals surface area contributed by atoms with E-state index in [0.29, 0.717) is 27.7 Å². The zero-order chi connectivity index (χ0) is 29.3. The molecule has 0 radical (unpaired) electrons. The Bertz CT molecular complexity index is 1600. The molecule has 0 aliphatic carbocycles. The number of benzene rings is 2. The van der Waals surface area contributed by atoms with Gasteiger partial charge in [-0.15, -0.1) is 11.3 Å². The van der Waals surface area contributed by atoms with Crippen LogP contribution < -0.4 is 10.9 Å². The molecule has 2 aromatic heterocycles. The van der Waals surface area contributed by atoms with E-state index in [1.54, 1.807) is 6.07 Å². The van der Waals surface area contributed by atoms with Gasteiger partial charge < -0.3 is 10.2 Å². The molecule has 1 atom stereocenters. The van der Waals surface area contributed by atoms with Crippen molar-refractivity contribution < 1.29 is 4.79 Å². The molecule has 1 aliphatic rings. The Morgan fingerprint density at radius 2 is 1.80 bits per heavy atom. The van der Waals surface area contributed by atoms with Gasteiger partial charge in [0.15, 0.2) is 0 Å². The topological polar surface area (TPSA) is 67.2 Å². The fraction of sp³-hybridized carbons (Fsp3) is 0.364. The quantitative estimate of drug-likeness (QED) is 0.253. The van der Waals surface area contributed by atoms with Crippen LogP contribution in [0.4, 0.5) is 0 Å². The molecule has 2 aromatic carbocycles. The third-order valence-corrected chi connectivity index (χ3v) is 8.97. The first kappa shape index (κ1) is 29.2. The molecule has 41 heavy (non-hydrogen) atoms. The summed E-state index contributed by atoms with van der Waals surface area (Å²) >= 11 is 7.52. The molecule has 0 spiro atoms. The van der Waals surface area contributed by atoms with Crippen LogP contribution in [0.15, 0.2) is 58.7 Å². The van der Waals surface area contributed by atoms with E-state index in [4.69, 9.17) is 16.6 Å². The Labute approximate surface area is 251 Å². The number of pyridine rings is 1. The van der Waals surface area contributed by atoms with E-state index >= 15 is 0 Å². The van der Waals surface area contributed by atoms with Crippen LogP contribution in [-0.4, -0.2) is 46.0 Å². The molecule has 5 rings (SSSR count). The van der Waals surface area contributed by atoms with Gasteiger partial charge in [0.05, 0.1) is 22.5 Å². The summed E-state index contributed by atoms with van der Waals surface area (Å²) < 4.78 is 1.83. The Morgan fingerprint density at radius 3 is 2.41 bits per heavy atom. The van der Waals surface area contributed by atoms with Crippen LogP contribution >= 0.6 is 22.9 Å². The van der Waals surface area contributed by atoms with Gasteiger partial charge in [0.2, 0.25) is 0 Å². The van der Waals surface area contributed by atoms with Crippen molar-refractivity contribution >= 4 is 28.8 Å². The summed E-state index contributed by atoms with van der Waals surface area (Å²) in [5.41, 5.74) is 6.37. The maximum absolute atomic E-state index is 14.6. The van der Waals surface area contributed by atoms with Gasteiger partial charge >= 0.3 is 0 Å². The molecule has 1 fully saturated rings. The number of nitrogens with one attached hydrogen (secondary N) is 1. The minimum absolute atomic E-state index is 0.0424. The molecule has 3 heterocycles. The Morgan fingerprint density at radius 1 is 1.12 bits per heavy atom.